The predicted molar refractivity (Wildman–Crippen MR) is 611 cm³/mol. The maximum atomic E-state index is 4.67. The lowest BCUT2D eigenvalue weighted by molar-refractivity contribution is -0.730. The Labute approximate surface area is 845 Å². The van der Waals surface area contributed by atoms with E-state index >= 15 is 0 Å². The third-order valence-corrected chi connectivity index (χ3v) is 24.2. The van der Waals surface area contributed by atoms with Crippen molar-refractivity contribution in [1.29, 1.82) is 0 Å². The summed E-state index contributed by atoms with van der Waals surface area (Å²) in [6, 6.07) is 119. The predicted octanol–water partition coefficient (Wildman–Crippen LogP) is 30.8. The number of benzene rings is 15. The fraction of sp³-hybridized carbons (Fsp3) is 0.231. The topological polar surface area (TPSA) is 82.6 Å². The van der Waals surface area contributed by atoms with E-state index in [4.69, 9.17) is 0 Å². The molecule has 8 aromatic heterocycles. The fourth-order valence-corrected chi connectivity index (χ4v) is 17.9. The minimum Gasteiger partial charge on any atom is -0.232 e. The first-order valence-corrected chi connectivity index (χ1v) is 51.4. The van der Waals surface area contributed by atoms with Crippen molar-refractivity contribution >= 4 is 140 Å². The van der Waals surface area contributed by atoms with Gasteiger partial charge in [0.25, 0.3) is 35.4 Å². The van der Waals surface area contributed by atoms with Crippen LogP contribution in [0.25, 0.3) is 197 Å². The highest BCUT2D eigenvalue weighted by molar-refractivity contribution is 6.08. The highest BCUT2D eigenvalue weighted by Gasteiger charge is 2.29. The van der Waals surface area contributed by atoms with Crippen LogP contribution in [0.5, 0.6) is 0 Å². The van der Waals surface area contributed by atoms with Crippen LogP contribution in [0.15, 0.2) is 377 Å². The molecule has 0 fully saturated rings. The van der Waals surface area contributed by atoms with Gasteiger partial charge in [0.2, 0.25) is 16.9 Å². The van der Waals surface area contributed by atoms with Crippen molar-refractivity contribution in [3.8, 4) is 56.7 Å². The average molecular weight is 1880 g/mol. The fourth-order valence-electron chi connectivity index (χ4n) is 17.9. The van der Waals surface area contributed by atoms with Gasteiger partial charge in [-0.2, -0.15) is 18.3 Å². The van der Waals surface area contributed by atoms with Crippen LogP contribution in [0.2, 0.25) is 0 Å². The van der Waals surface area contributed by atoms with E-state index in [1.54, 1.807) is 0 Å². The molecule has 0 aliphatic rings. The monoisotopic (exact) mass is 1880 g/mol. The van der Waals surface area contributed by atoms with Gasteiger partial charge in [0.05, 0.1) is 46.6 Å². The summed E-state index contributed by atoms with van der Waals surface area (Å²) in [7, 11) is 16.6. The number of hydrogen-bond acceptors (Lipinski definition) is 4. The molecule has 0 spiro atoms. The van der Waals surface area contributed by atoms with Gasteiger partial charge in [-0.25, -0.2) is 9.13 Å². The van der Waals surface area contributed by atoms with E-state index in [2.05, 4.69) is 437 Å². The maximum Gasteiger partial charge on any atom is 0.310 e. The van der Waals surface area contributed by atoms with Crippen molar-refractivity contribution in [2.24, 2.45) is 56.4 Å². The van der Waals surface area contributed by atoms with Crippen LogP contribution < -0.4 is 36.8 Å². The molecular formula is C130H152N12+8. The molecule has 12 nitrogen and oxygen atoms in total. The molecule has 0 radical (unpaired) electrons. The van der Waals surface area contributed by atoms with Crippen molar-refractivity contribution in [1.82, 2.24) is 20.2 Å². The summed E-state index contributed by atoms with van der Waals surface area (Å²) in [5.74, 6) is 0. The van der Waals surface area contributed by atoms with E-state index in [1.807, 2.05) is 206 Å². The zero-order valence-corrected chi connectivity index (χ0v) is 90.2. The van der Waals surface area contributed by atoms with Gasteiger partial charge < -0.3 is 0 Å². The molecule has 0 bridgehead atoms. The summed E-state index contributed by atoms with van der Waals surface area (Å²) in [5.41, 5.74) is 17.8. The van der Waals surface area contributed by atoms with Gasteiger partial charge in [0.15, 0.2) is 43.7 Å². The van der Waals surface area contributed by atoms with Gasteiger partial charge in [-0.3, -0.25) is 0 Å². The first-order valence-electron chi connectivity index (χ1n) is 51.4. The second-order valence-corrected chi connectivity index (χ2v) is 31.9. The molecule has 0 atom stereocenters. The number of nitrogens with zero attached hydrogens (tertiary/aromatic N) is 12. The Bertz CT molecular complexity index is 7470. The molecular weight excluding hydrogens is 1730 g/mol. The van der Waals surface area contributed by atoms with Crippen molar-refractivity contribution < 1.29 is 36.8 Å². The van der Waals surface area contributed by atoms with Crippen LogP contribution in [0.3, 0.4) is 0 Å². The lowest BCUT2D eigenvalue weighted by atomic mass is 9.94. The molecule has 0 aliphatic heterocycles. The van der Waals surface area contributed by atoms with Crippen molar-refractivity contribution in [2.75, 3.05) is 0 Å². The van der Waals surface area contributed by atoms with Crippen LogP contribution in [-0.2, 0) is 56.4 Å². The number of hydrogen-bond donors (Lipinski definition) is 0. The number of para-hydroxylation sites is 1. The highest BCUT2D eigenvalue weighted by Crippen LogP contribution is 2.38. The zero-order valence-electron chi connectivity index (χ0n) is 90.2. The summed E-state index contributed by atoms with van der Waals surface area (Å²) in [6.07, 6.45) is 14.0. The molecule has 15 aromatic carbocycles. The van der Waals surface area contributed by atoms with Gasteiger partial charge in [-0.05, 0) is 223 Å². The van der Waals surface area contributed by atoms with Gasteiger partial charge in [-0.1, -0.05) is 342 Å². The van der Waals surface area contributed by atoms with E-state index < -0.39 is 0 Å². The molecule has 0 N–H and O–H groups in total. The van der Waals surface area contributed by atoms with E-state index in [-0.39, 0.29) is 0 Å². The summed E-state index contributed by atoms with van der Waals surface area (Å²) in [6.45, 7) is 44.4. The van der Waals surface area contributed by atoms with Crippen LogP contribution in [-0.4, -0.2) is 20.2 Å². The molecule has 8 heterocycles. The molecule has 0 unspecified atom stereocenters. The molecule has 0 saturated carbocycles. The maximum absolute atomic E-state index is 4.67. The minimum absolute atomic E-state index is 1.02. The first kappa shape index (κ1) is 110. The van der Waals surface area contributed by atoms with E-state index in [0.717, 1.165) is 33.5 Å². The Morgan fingerprint density at radius 1 is 0.190 bits per heavy atom. The van der Waals surface area contributed by atoms with Crippen LogP contribution >= 0.6 is 0 Å². The molecule has 0 saturated heterocycles. The second-order valence-electron chi connectivity index (χ2n) is 31.9. The Morgan fingerprint density at radius 2 is 0.486 bits per heavy atom. The SMILES string of the molecule is CC.CC.CC.CC.CC.CC.CC.CC.CC.CC.C[n+]1ccc2cc3ccccc3cc2c1-c1ccc2ccccc2[n+]1C.C[n+]1ccccc1-c1c2cc3ccccc3cc2cn[n+]1C.C[n+]1ccccc1-c1c2cc3ccccc3cc2nc[n+]1C.Cc1c(-c2c3cc4ccccc4cc3cn[n+]2C)ccc2ccccc12.Cc1c(-c2c3cc4ccccc4cc3nc[n+]2C)ccc2ccccc12. The average Bonchev–Trinajstić information content (AvgIpc) is 0.752. The Morgan fingerprint density at radius 3 is 0.901 bits per heavy atom. The van der Waals surface area contributed by atoms with Crippen LogP contribution in [0, 0.1) is 13.8 Å². The van der Waals surface area contributed by atoms with Crippen molar-refractivity contribution in [3.63, 3.8) is 0 Å². The Kier molecular flexibility index (Phi) is 42.6. The lowest BCUT2D eigenvalue weighted by Crippen LogP contribution is -2.40. The minimum atomic E-state index is 1.02. The van der Waals surface area contributed by atoms with Gasteiger partial charge >= 0.3 is 5.69 Å². The van der Waals surface area contributed by atoms with Crippen LogP contribution in [0.4, 0.5) is 0 Å². The third kappa shape index (κ3) is 24.5. The molecule has 0 amide bonds. The highest BCUT2D eigenvalue weighted by atomic mass is 15.3. The van der Waals surface area contributed by atoms with Gasteiger partial charge in [0, 0.05) is 64.2 Å². The van der Waals surface area contributed by atoms with Crippen LogP contribution in [0.1, 0.15) is 150 Å². The molecule has 0 aliphatic carbocycles. The zero-order chi connectivity index (χ0) is 103. The number of rotatable bonds is 5. The molecule has 23 rings (SSSR count). The molecule has 12 heteroatoms. The largest absolute Gasteiger partial charge is 0.310 e. The third-order valence-electron chi connectivity index (χ3n) is 24.2. The molecule has 724 valence electrons. The smallest absolute Gasteiger partial charge is 0.232 e. The second kappa shape index (κ2) is 54.8. The Balaban J connectivity index is 0.000000190. The Hall–Kier alpha value is -15.4. The molecule has 23 aromatic rings. The summed E-state index contributed by atoms with van der Waals surface area (Å²) < 4.78 is 17.0. The first-order chi connectivity index (χ1) is 69.6. The van der Waals surface area contributed by atoms with Crippen molar-refractivity contribution in [2.45, 2.75) is 152 Å². The van der Waals surface area contributed by atoms with E-state index in [1.165, 1.54) is 175 Å². The van der Waals surface area contributed by atoms with Gasteiger partial charge in [0.1, 0.15) is 46.3 Å². The number of pyridine rings is 4. The lowest BCUT2D eigenvalue weighted by Gasteiger charge is -2.12. The number of fused-ring (bicyclic) bond motifs is 13. The summed E-state index contributed by atoms with van der Waals surface area (Å²) in [4.78, 5) is 9.27. The molecule has 142 heavy (non-hydrogen) atoms. The quantitative estimate of drug-likeness (QED) is 0.127. The summed E-state index contributed by atoms with van der Waals surface area (Å²) >= 11 is 0. The number of aromatic nitrogens is 12. The van der Waals surface area contributed by atoms with Gasteiger partial charge in [-0.15, -0.1) is 0 Å². The standard InChI is InChI=1S/2C24H19N2.C24H20N2.2C19H17N3.10C2H6/c1-16-21-10-6-5-7-17(21)11-12-22(16)24-23-14-19-9-4-3-8-18(19)13-20(23)15-25-26(24)2;1-16-20-10-6-5-7-17(20)11-12-21(16)24-22-13-18-8-3-4-9-19(18)14-23(22)25-15-26(24)2;1-25-14-13-20-15-18-8-3-4-9-19(18)16-21(20)24(25)23-12-11-17-7-5-6-10-22(17)26(23)2;1-21-10-6-5-9-18(21)19-16-11-14-7-3-4-8-15(14)12-17(16)20-13-22(19)2;1-21-10-6-5-9-18(21)19-17-12-15-8-4-3-7-14(15)11-16(17)13-20-22(19)2;10*1-2/h2*3-15H,1-2H3;3-16H,1-2H3;2*3-13H,1-2H3;10*1-2H3/q2*+1;3*+2;;;;;;;;;;. The van der Waals surface area contributed by atoms with E-state index in [9.17, 15) is 0 Å². The van der Waals surface area contributed by atoms with Crippen molar-refractivity contribution in [3.05, 3.63) is 388 Å². The number of aryl methyl sites for hydroxylation is 10. The normalized spacial score (nSPS) is 10.2. The summed E-state index contributed by atoms with van der Waals surface area (Å²) in [5, 5.41) is 37.7. The van der Waals surface area contributed by atoms with E-state index in [0.29, 0.717) is 0 Å².